The Morgan fingerprint density at radius 1 is 1.15 bits per heavy atom. The van der Waals surface area contributed by atoms with Gasteiger partial charge in [-0.05, 0) is 38.2 Å². The zero-order chi connectivity index (χ0) is 23.0. The molecule has 3 fully saturated rings. The third kappa shape index (κ3) is 3.95. The molecule has 3 aliphatic heterocycles. The third-order valence-electron chi connectivity index (χ3n) is 7.32. The number of carbonyl (C=O) groups excluding carboxylic acids is 2. The monoisotopic (exact) mass is 453 g/mol. The van der Waals surface area contributed by atoms with E-state index in [9.17, 15) is 9.59 Å². The summed E-state index contributed by atoms with van der Waals surface area (Å²) in [6.07, 6.45) is 1.93. The molecule has 4 heterocycles. The van der Waals surface area contributed by atoms with Crippen molar-refractivity contribution >= 4 is 11.8 Å². The van der Waals surface area contributed by atoms with Gasteiger partial charge in [-0.15, -0.1) is 0 Å². The number of likely N-dealkylation sites (tertiary alicyclic amines) is 1. The van der Waals surface area contributed by atoms with Crippen LogP contribution in [0.5, 0.6) is 0 Å². The van der Waals surface area contributed by atoms with Crippen molar-refractivity contribution in [2.24, 2.45) is 5.92 Å². The van der Waals surface area contributed by atoms with Gasteiger partial charge in [-0.1, -0.05) is 35.5 Å². The zero-order valence-electron chi connectivity index (χ0n) is 19.3. The fourth-order valence-electron chi connectivity index (χ4n) is 5.53. The Hall–Kier alpha value is -2.71. The summed E-state index contributed by atoms with van der Waals surface area (Å²) in [5, 5.41) is 3.94. The van der Waals surface area contributed by atoms with Crippen LogP contribution in [-0.4, -0.2) is 78.4 Å². The molecule has 8 heteroatoms. The van der Waals surface area contributed by atoms with Crippen LogP contribution in [0.25, 0.3) is 0 Å². The number of morpholine rings is 1. The molecule has 5 rings (SSSR count). The quantitative estimate of drug-likeness (QED) is 0.707. The summed E-state index contributed by atoms with van der Waals surface area (Å²) >= 11 is 0. The molecule has 1 spiro atoms. The van der Waals surface area contributed by atoms with Crippen molar-refractivity contribution in [2.45, 2.75) is 38.2 Å². The molecular formula is C25H31N3O5. The lowest BCUT2D eigenvalue weighted by Gasteiger charge is -2.42. The number of carbonyl (C=O) groups is 2. The van der Waals surface area contributed by atoms with Gasteiger partial charge in [0.25, 0.3) is 11.8 Å². The topological polar surface area (TPSA) is 85.1 Å². The summed E-state index contributed by atoms with van der Waals surface area (Å²) in [6, 6.07) is 10.1. The summed E-state index contributed by atoms with van der Waals surface area (Å²) in [5.41, 5.74) is 1.02. The van der Waals surface area contributed by atoms with Gasteiger partial charge < -0.3 is 23.8 Å². The highest BCUT2D eigenvalue weighted by Crippen LogP contribution is 2.43. The average Bonchev–Trinajstić information content (AvgIpc) is 3.31. The highest BCUT2D eigenvalue weighted by atomic mass is 16.5. The molecule has 0 radical (unpaired) electrons. The van der Waals surface area contributed by atoms with Crippen molar-refractivity contribution in [1.82, 2.24) is 15.0 Å². The van der Waals surface area contributed by atoms with E-state index in [1.165, 1.54) is 0 Å². The molecule has 176 valence electrons. The highest BCUT2D eigenvalue weighted by molar-refractivity contribution is 5.97. The Kier molecular flexibility index (Phi) is 5.97. The van der Waals surface area contributed by atoms with Crippen LogP contribution in [0.15, 0.2) is 34.9 Å². The van der Waals surface area contributed by atoms with Gasteiger partial charge in [0.05, 0.1) is 18.8 Å². The smallest absolute Gasteiger partial charge is 0.259 e. The van der Waals surface area contributed by atoms with Crippen LogP contribution in [0.2, 0.25) is 0 Å². The molecule has 0 N–H and O–H groups in total. The van der Waals surface area contributed by atoms with Gasteiger partial charge >= 0.3 is 0 Å². The van der Waals surface area contributed by atoms with Crippen LogP contribution < -0.4 is 0 Å². The summed E-state index contributed by atoms with van der Waals surface area (Å²) in [4.78, 5) is 31.0. The van der Waals surface area contributed by atoms with E-state index in [1.807, 2.05) is 23.1 Å². The van der Waals surface area contributed by atoms with Crippen LogP contribution >= 0.6 is 0 Å². The number of benzene rings is 1. The minimum atomic E-state index is -1.08. The molecule has 0 saturated carbocycles. The second kappa shape index (κ2) is 8.91. The maximum Gasteiger partial charge on any atom is 0.259 e. The van der Waals surface area contributed by atoms with E-state index in [2.05, 4.69) is 17.3 Å². The number of hydrogen-bond acceptors (Lipinski definition) is 6. The standard InChI is InChI=1S/C25H31N3O5/c1-17-22(18(2)33-26-17)23(29)27-10-13-32-25(16-27)21(20-6-4-3-5-7-20)15-28(24(25)30)14-19-8-11-31-12-9-19/h3-7,19,21H,8-16H2,1-2H3/t21-,25-/m1/s1. The van der Waals surface area contributed by atoms with Gasteiger partial charge in [-0.25, -0.2) is 0 Å². The molecule has 8 nitrogen and oxygen atoms in total. The van der Waals surface area contributed by atoms with Crippen LogP contribution in [0.1, 0.15) is 46.1 Å². The van der Waals surface area contributed by atoms with Crippen molar-refractivity contribution < 1.29 is 23.6 Å². The highest BCUT2D eigenvalue weighted by Gasteiger charge is 2.58. The van der Waals surface area contributed by atoms with Gasteiger partial charge in [-0.3, -0.25) is 9.59 Å². The Balaban J connectivity index is 1.45. The van der Waals surface area contributed by atoms with Crippen molar-refractivity contribution in [3.63, 3.8) is 0 Å². The minimum absolute atomic E-state index is 0.0147. The molecule has 0 unspecified atom stereocenters. The Morgan fingerprint density at radius 3 is 2.61 bits per heavy atom. The normalized spacial score (nSPS) is 26.4. The van der Waals surface area contributed by atoms with E-state index in [4.69, 9.17) is 14.0 Å². The summed E-state index contributed by atoms with van der Waals surface area (Å²) in [6.45, 7) is 7.26. The molecule has 0 aliphatic carbocycles. The largest absolute Gasteiger partial charge is 0.381 e. The van der Waals surface area contributed by atoms with E-state index in [0.717, 1.165) is 31.6 Å². The lowest BCUT2D eigenvalue weighted by Crippen LogP contribution is -2.59. The van der Waals surface area contributed by atoms with E-state index >= 15 is 0 Å². The zero-order valence-corrected chi connectivity index (χ0v) is 19.3. The first-order chi connectivity index (χ1) is 16.0. The number of rotatable bonds is 4. The number of amides is 2. The number of hydrogen-bond donors (Lipinski definition) is 0. The van der Waals surface area contributed by atoms with Gasteiger partial charge in [0.1, 0.15) is 11.3 Å². The van der Waals surface area contributed by atoms with Crippen LogP contribution in [-0.2, 0) is 14.3 Å². The number of nitrogens with zero attached hydrogens (tertiary/aromatic N) is 3. The summed E-state index contributed by atoms with van der Waals surface area (Å²) in [7, 11) is 0. The van der Waals surface area contributed by atoms with Gasteiger partial charge in [0, 0.05) is 38.8 Å². The molecule has 1 aromatic heterocycles. The van der Waals surface area contributed by atoms with Gasteiger partial charge in [0.2, 0.25) is 0 Å². The summed E-state index contributed by atoms with van der Waals surface area (Å²) in [5.74, 6) is 0.608. The average molecular weight is 454 g/mol. The van der Waals surface area contributed by atoms with Crippen molar-refractivity contribution in [3.05, 3.63) is 52.9 Å². The predicted molar refractivity (Wildman–Crippen MR) is 120 cm³/mol. The van der Waals surface area contributed by atoms with Crippen LogP contribution in [0, 0.1) is 19.8 Å². The molecule has 0 bridgehead atoms. The van der Waals surface area contributed by atoms with Gasteiger partial charge in [-0.2, -0.15) is 0 Å². The lowest BCUT2D eigenvalue weighted by atomic mass is 9.83. The van der Waals surface area contributed by atoms with Crippen LogP contribution in [0.4, 0.5) is 0 Å². The molecule has 1 aromatic carbocycles. The van der Waals surface area contributed by atoms with Crippen molar-refractivity contribution in [1.29, 1.82) is 0 Å². The maximum atomic E-state index is 13.9. The van der Waals surface area contributed by atoms with E-state index in [0.29, 0.717) is 49.2 Å². The third-order valence-corrected chi connectivity index (χ3v) is 7.32. The molecular weight excluding hydrogens is 422 g/mol. The number of aromatic nitrogens is 1. The van der Waals surface area contributed by atoms with E-state index < -0.39 is 5.60 Å². The Morgan fingerprint density at radius 2 is 1.91 bits per heavy atom. The first-order valence-corrected chi connectivity index (χ1v) is 11.8. The second-order valence-corrected chi connectivity index (χ2v) is 9.39. The molecule has 2 aromatic rings. The number of aryl methyl sites for hydroxylation is 2. The molecule has 33 heavy (non-hydrogen) atoms. The minimum Gasteiger partial charge on any atom is -0.381 e. The van der Waals surface area contributed by atoms with Gasteiger partial charge in [0.15, 0.2) is 5.60 Å². The van der Waals surface area contributed by atoms with E-state index in [1.54, 1.807) is 18.7 Å². The Bertz CT molecular complexity index is 997. The Labute approximate surface area is 193 Å². The first-order valence-electron chi connectivity index (χ1n) is 11.8. The molecule has 2 amide bonds. The van der Waals surface area contributed by atoms with E-state index in [-0.39, 0.29) is 24.3 Å². The molecule has 3 saturated heterocycles. The summed E-state index contributed by atoms with van der Waals surface area (Å²) < 4.78 is 17.1. The first kappa shape index (κ1) is 22.1. The molecule has 3 aliphatic rings. The molecule has 2 atom stereocenters. The van der Waals surface area contributed by atoms with Crippen molar-refractivity contribution in [2.75, 3.05) is 46.0 Å². The number of ether oxygens (including phenoxy) is 2. The lowest BCUT2D eigenvalue weighted by molar-refractivity contribution is -0.160. The van der Waals surface area contributed by atoms with Crippen molar-refractivity contribution in [3.8, 4) is 0 Å². The maximum absolute atomic E-state index is 13.9. The fraction of sp³-hybridized carbons (Fsp3) is 0.560. The fourth-order valence-corrected chi connectivity index (χ4v) is 5.53. The van der Waals surface area contributed by atoms with Crippen LogP contribution in [0.3, 0.4) is 0 Å². The predicted octanol–water partition coefficient (Wildman–Crippen LogP) is 2.56. The second-order valence-electron chi connectivity index (χ2n) is 9.39. The SMILES string of the molecule is Cc1noc(C)c1C(=O)N1CCO[C@@]2(C1)C(=O)N(CC1CCOCC1)C[C@@H]2c1ccccc1.